The standard InChI is InChI=1S/C14H26N2O2.ClH/c1-3-10-18-11-6-8-14(17)16-9-5-4-7-13(16)12(2)15;/h3,12-13H,1,4-11,15H2,2H3;1H. The van der Waals surface area contributed by atoms with E-state index in [2.05, 4.69) is 6.58 Å². The molecule has 4 nitrogen and oxygen atoms in total. The molecule has 2 N–H and O–H groups in total. The van der Waals surface area contributed by atoms with Gasteiger partial charge in [-0.1, -0.05) is 6.08 Å². The van der Waals surface area contributed by atoms with Gasteiger partial charge in [-0.15, -0.1) is 19.0 Å². The van der Waals surface area contributed by atoms with Crippen molar-refractivity contribution >= 4 is 18.3 Å². The lowest BCUT2D eigenvalue weighted by Gasteiger charge is -2.38. The van der Waals surface area contributed by atoms with E-state index >= 15 is 0 Å². The molecule has 0 aromatic rings. The normalized spacial score (nSPS) is 20.5. The zero-order chi connectivity index (χ0) is 13.4. The van der Waals surface area contributed by atoms with Gasteiger partial charge in [-0.3, -0.25) is 4.79 Å². The average molecular weight is 291 g/mol. The number of carbonyl (C=O) groups excluding carboxylic acids is 1. The molecule has 0 saturated carbocycles. The number of nitrogens with zero attached hydrogens (tertiary/aromatic N) is 1. The monoisotopic (exact) mass is 290 g/mol. The topological polar surface area (TPSA) is 55.6 Å². The maximum Gasteiger partial charge on any atom is 0.222 e. The van der Waals surface area contributed by atoms with Crippen LogP contribution in [0.25, 0.3) is 0 Å². The van der Waals surface area contributed by atoms with Crippen LogP contribution < -0.4 is 5.73 Å². The summed E-state index contributed by atoms with van der Waals surface area (Å²) in [7, 11) is 0. The Bertz CT molecular complexity index is 272. The van der Waals surface area contributed by atoms with E-state index in [1.807, 2.05) is 11.8 Å². The Morgan fingerprint density at radius 1 is 1.58 bits per heavy atom. The highest BCUT2D eigenvalue weighted by molar-refractivity contribution is 5.85. The predicted molar refractivity (Wildman–Crippen MR) is 80.5 cm³/mol. The van der Waals surface area contributed by atoms with E-state index < -0.39 is 0 Å². The number of ether oxygens (including phenoxy) is 1. The second-order valence-electron chi connectivity index (χ2n) is 4.98. The summed E-state index contributed by atoms with van der Waals surface area (Å²) < 4.78 is 5.28. The van der Waals surface area contributed by atoms with E-state index in [0.29, 0.717) is 19.6 Å². The molecule has 0 aliphatic carbocycles. The molecule has 0 spiro atoms. The number of amides is 1. The minimum absolute atomic E-state index is 0. The fourth-order valence-electron chi connectivity index (χ4n) is 2.45. The first-order chi connectivity index (χ1) is 8.66. The van der Waals surface area contributed by atoms with Gasteiger partial charge in [0.25, 0.3) is 0 Å². The summed E-state index contributed by atoms with van der Waals surface area (Å²) in [6.45, 7) is 7.61. The molecule has 1 amide bonds. The summed E-state index contributed by atoms with van der Waals surface area (Å²) in [6.07, 6.45) is 6.37. The molecule has 0 aromatic carbocycles. The number of hydrogen-bond donors (Lipinski definition) is 1. The number of rotatable bonds is 7. The molecule has 19 heavy (non-hydrogen) atoms. The van der Waals surface area contributed by atoms with Crippen molar-refractivity contribution in [1.29, 1.82) is 0 Å². The predicted octanol–water partition coefficient (Wildman–Crippen LogP) is 2.12. The molecule has 1 rings (SSSR count). The lowest BCUT2D eigenvalue weighted by molar-refractivity contribution is -0.135. The molecule has 0 aromatic heterocycles. The Labute approximate surface area is 122 Å². The Morgan fingerprint density at radius 2 is 2.32 bits per heavy atom. The lowest BCUT2D eigenvalue weighted by atomic mass is 9.96. The van der Waals surface area contributed by atoms with Crippen LogP contribution in [0.3, 0.4) is 0 Å². The SMILES string of the molecule is C=CCOCCCC(=O)N1CCCCC1C(C)N.Cl. The third-order valence-electron chi connectivity index (χ3n) is 3.39. The van der Waals surface area contributed by atoms with Crippen molar-refractivity contribution in [2.24, 2.45) is 5.73 Å². The second kappa shape index (κ2) is 10.2. The fourth-order valence-corrected chi connectivity index (χ4v) is 2.45. The van der Waals surface area contributed by atoms with Crippen LogP contribution in [-0.4, -0.2) is 42.6 Å². The van der Waals surface area contributed by atoms with Gasteiger partial charge < -0.3 is 15.4 Å². The van der Waals surface area contributed by atoms with Crippen molar-refractivity contribution in [2.75, 3.05) is 19.8 Å². The minimum atomic E-state index is 0. The molecule has 0 bridgehead atoms. The summed E-state index contributed by atoms with van der Waals surface area (Å²) in [4.78, 5) is 14.1. The number of carbonyl (C=O) groups is 1. The van der Waals surface area contributed by atoms with E-state index in [0.717, 1.165) is 25.8 Å². The van der Waals surface area contributed by atoms with Gasteiger partial charge in [-0.05, 0) is 32.6 Å². The zero-order valence-corrected chi connectivity index (χ0v) is 12.7. The van der Waals surface area contributed by atoms with Gasteiger partial charge in [-0.2, -0.15) is 0 Å². The molecular formula is C14H27ClN2O2. The van der Waals surface area contributed by atoms with Crippen molar-refractivity contribution in [3.63, 3.8) is 0 Å². The summed E-state index contributed by atoms with van der Waals surface area (Å²) in [5, 5.41) is 0. The van der Waals surface area contributed by atoms with Crippen molar-refractivity contribution < 1.29 is 9.53 Å². The average Bonchev–Trinajstić information content (AvgIpc) is 2.38. The Balaban J connectivity index is 0.00000324. The van der Waals surface area contributed by atoms with Crippen molar-refractivity contribution in [1.82, 2.24) is 4.90 Å². The van der Waals surface area contributed by atoms with E-state index in [1.165, 1.54) is 6.42 Å². The third kappa shape index (κ3) is 6.41. The summed E-state index contributed by atoms with van der Waals surface area (Å²) >= 11 is 0. The summed E-state index contributed by atoms with van der Waals surface area (Å²) in [5.74, 6) is 0.221. The second-order valence-corrected chi connectivity index (χ2v) is 4.98. The van der Waals surface area contributed by atoms with Gasteiger partial charge in [0.1, 0.15) is 0 Å². The lowest BCUT2D eigenvalue weighted by Crippen LogP contribution is -2.51. The molecule has 1 heterocycles. The van der Waals surface area contributed by atoms with Gasteiger partial charge in [0.15, 0.2) is 0 Å². The Kier molecular flexibility index (Phi) is 9.92. The molecule has 1 aliphatic rings. The van der Waals surface area contributed by atoms with Gasteiger partial charge in [0.2, 0.25) is 5.91 Å². The number of likely N-dealkylation sites (tertiary alicyclic amines) is 1. The van der Waals surface area contributed by atoms with Gasteiger partial charge in [0.05, 0.1) is 6.61 Å². The molecule has 112 valence electrons. The van der Waals surface area contributed by atoms with Gasteiger partial charge >= 0.3 is 0 Å². The maximum absolute atomic E-state index is 12.1. The summed E-state index contributed by atoms with van der Waals surface area (Å²) in [5.41, 5.74) is 5.96. The van der Waals surface area contributed by atoms with Crippen LogP contribution in [0.1, 0.15) is 39.0 Å². The van der Waals surface area contributed by atoms with E-state index in [4.69, 9.17) is 10.5 Å². The number of nitrogens with two attached hydrogens (primary N) is 1. The van der Waals surface area contributed by atoms with Crippen LogP contribution in [0.4, 0.5) is 0 Å². The number of piperidine rings is 1. The van der Waals surface area contributed by atoms with Gasteiger partial charge in [-0.25, -0.2) is 0 Å². The first kappa shape index (κ1) is 18.4. The van der Waals surface area contributed by atoms with Crippen LogP contribution in [0.2, 0.25) is 0 Å². The van der Waals surface area contributed by atoms with Crippen molar-refractivity contribution in [3.8, 4) is 0 Å². The molecule has 2 unspecified atom stereocenters. The van der Waals surface area contributed by atoms with E-state index in [9.17, 15) is 4.79 Å². The van der Waals surface area contributed by atoms with E-state index in [-0.39, 0.29) is 30.4 Å². The largest absolute Gasteiger partial charge is 0.377 e. The Morgan fingerprint density at radius 3 is 2.95 bits per heavy atom. The summed E-state index contributed by atoms with van der Waals surface area (Å²) in [6, 6.07) is 0.284. The van der Waals surface area contributed by atoms with Crippen LogP contribution in [0.5, 0.6) is 0 Å². The van der Waals surface area contributed by atoms with Gasteiger partial charge in [0, 0.05) is 31.7 Å². The molecule has 1 fully saturated rings. The molecule has 1 aliphatic heterocycles. The molecule has 5 heteroatoms. The zero-order valence-electron chi connectivity index (χ0n) is 11.8. The highest BCUT2D eigenvalue weighted by atomic mass is 35.5. The first-order valence-corrected chi connectivity index (χ1v) is 6.90. The van der Waals surface area contributed by atoms with Crippen LogP contribution in [0, 0.1) is 0 Å². The molecule has 0 radical (unpaired) electrons. The maximum atomic E-state index is 12.1. The smallest absolute Gasteiger partial charge is 0.222 e. The Hall–Kier alpha value is -0.580. The number of halogens is 1. The number of hydrogen-bond acceptors (Lipinski definition) is 3. The highest BCUT2D eigenvalue weighted by Crippen LogP contribution is 2.20. The van der Waals surface area contributed by atoms with Crippen molar-refractivity contribution in [2.45, 2.75) is 51.1 Å². The van der Waals surface area contributed by atoms with Crippen LogP contribution >= 0.6 is 12.4 Å². The van der Waals surface area contributed by atoms with E-state index in [1.54, 1.807) is 6.08 Å². The quantitative estimate of drug-likeness (QED) is 0.577. The van der Waals surface area contributed by atoms with Crippen LogP contribution in [-0.2, 0) is 9.53 Å². The van der Waals surface area contributed by atoms with Crippen molar-refractivity contribution in [3.05, 3.63) is 12.7 Å². The van der Waals surface area contributed by atoms with Crippen LogP contribution in [0.15, 0.2) is 12.7 Å². The fraction of sp³-hybridized carbons (Fsp3) is 0.786. The molecule has 2 atom stereocenters. The third-order valence-corrected chi connectivity index (χ3v) is 3.39. The molecular weight excluding hydrogens is 264 g/mol. The minimum Gasteiger partial charge on any atom is -0.377 e. The highest BCUT2D eigenvalue weighted by Gasteiger charge is 2.28. The molecule has 1 saturated heterocycles. The first-order valence-electron chi connectivity index (χ1n) is 6.90.